The Morgan fingerprint density at radius 3 is 2.83 bits per heavy atom. The Balaban J connectivity index is 2.19. The first-order valence-corrected chi connectivity index (χ1v) is 5.88. The molecule has 0 saturated carbocycles. The molecule has 2 rings (SSSR count). The van der Waals surface area contributed by atoms with Crippen LogP contribution in [0.15, 0.2) is 10.7 Å². The lowest BCUT2D eigenvalue weighted by Crippen LogP contribution is -2.32. The molecule has 4 N–H and O–H groups in total. The summed E-state index contributed by atoms with van der Waals surface area (Å²) in [5.41, 5.74) is 2.30. The number of halogens is 1. The predicted octanol–water partition coefficient (Wildman–Crippen LogP) is -0.306. The lowest BCUT2D eigenvalue weighted by atomic mass is 10.2. The summed E-state index contributed by atoms with van der Waals surface area (Å²) in [6, 6.07) is -0.612. The summed E-state index contributed by atoms with van der Waals surface area (Å²) in [4.78, 5) is 32.1. The number of likely N-dealkylation sites (tertiary alicyclic amines) is 1. The number of carbonyl (C=O) groups is 2. The number of aromatic nitrogens is 2. The van der Waals surface area contributed by atoms with Crippen molar-refractivity contribution in [2.24, 2.45) is 5.84 Å². The number of hydrogen-bond acceptors (Lipinski definition) is 7. The molecule has 1 aromatic rings. The van der Waals surface area contributed by atoms with Crippen LogP contribution in [0.5, 0.6) is 0 Å². The van der Waals surface area contributed by atoms with Gasteiger partial charge in [-0.3, -0.25) is 19.9 Å². The number of anilines is 2. The van der Waals surface area contributed by atoms with Crippen LogP contribution < -0.4 is 16.6 Å². The van der Waals surface area contributed by atoms with Crippen molar-refractivity contribution in [2.45, 2.75) is 12.5 Å². The van der Waals surface area contributed by atoms with Gasteiger partial charge in [-0.15, -0.1) is 0 Å². The molecule has 1 atom stereocenters. The second-order valence-corrected chi connectivity index (χ2v) is 4.58. The monoisotopic (exact) mass is 314 g/mol. The number of rotatable bonds is 3. The van der Waals surface area contributed by atoms with Gasteiger partial charge in [0.2, 0.25) is 11.9 Å². The number of nitrogen functional groups attached to an aromatic ring is 1. The van der Waals surface area contributed by atoms with Crippen LogP contribution in [0.3, 0.4) is 0 Å². The van der Waals surface area contributed by atoms with E-state index in [9.17, 15) is 9.59 Å². The van der Waals surface area contributed by atoms with Gasteiger partial charge in [0.05, 0.1) is 10.9 Å². The number of nitrogens with one attached hydrogen (secondary N) is 2. The van der Waals surface area contributed by atoms with Gasteiger partial charge in [-0.2, -0.15) is 4.98 Å². The van der Waals surface area contributed by atoms with Crippen molar-refractivity contribution < 1.29 is 9.59 Å². The maximum Gasteiger partial charge on any atom is 0.251 e. The first-order valence-electron chi connectivity index (χ1n) is 5.09. The number of hydrogen-bond donors (Lipinski definition) is 3. The Morgan fingerprint density at radius 1 is 1.56 bits per heavy atom. The molecule has 96 valence electrons. The third-order valence-electron chi connectivity index (χ3n) is 2.57. The standard InChI is InChI=1S/C9H11BrN6O2/c1-16-6(17)2-5(8(16)18)13-7-4(10)3-12-9(14-7)15-11/h3,5H,2,11H2,1H3,(H2,12,13,14,15). The Kier molecular flexibility index (Phi) is 3.43. The molecular formula is C9H11BrN6O2. The Bertz CT molecular complexity index is 508. The van der Waals surface area contributed by atoms with E-state index in [1.165, 1.54) is 13.2 Å². The summed E-state index contributed by atoms with van der Waals surface area (Å²) >= 11 is 3.25. The molecule has 0 bridgehead atoms. The quantitative estimate of drug-likeness (QED) is 0.398. The molecule has 1 saturated heterocycles. The molecule has 1 aliphatic rings. The Hall–Kier alpha value is -1.74. The molecule has 0 radical (unpaired) electrons. The number of nitrogens with two attached hydrogens (primary N) is 1. The summed E-state index contributed by atoms with van der Waals surface area (Å²) in [5.74, 6) is 5.31. The molecule has 0 spiro atoms. The zero-order valence-corrected chi connectivity index (χ0v) is 11.1. The van der Waals surface area contributed by atoms with Gasteiger partial charge in [0.25, 0.3) is 5.91 Å². The van der Waals surface area contributed by atoms with Crippen LogP contribution in [-0.4, -0.2) is 39.8 Å². The lowest BCUT2D eigenvalue weighted by Gasteiger charge is -2.13. The highest BCUT2D eigenvalue weighted by Gasteiger charge is 2.36. The van der Waals surface area contributed by atoms with E-state index in [4.69, 9.17) is 5.84 Å². The molecule has 1 unspecified atom stereocenters. The number of nitrogens with zero attached hydrogens (tertiary/aromatic N) is 3. The first-order chi connectivity index (χ1) is 8.52. The largest absolute Gasteiger partial charge is 0.357 e. The lowest BCUT2D eigenvalue weighted by molar-refractivity contribution is -0.136. The van der Waals surface area contributed by atoms with E-state index in [1.54, 1.807) is 0 Å². The average molecular weight is 315 g/mol. The van der Waals surface area contributed by atoms with Gasteiger partial charge in [-0.25, -0.2) is 10.8 Å². The van der Waals surface area contributed by atoms with Crippen LogP contribution in [-0.2, 0) is 9.59 Å². The van der Waals surface area contributed by atoms with E-state index in [1.807, 2.05) is 0 Å². The highest BCUT2D eigenvalue weighted by Crippen LogP contribution is 2.23. The van der Waals surface area contributed by atoms with Gasteiger partial charge in [0.15, 0.2) is 0 Å². The van der Waals surface area contributed by atoms with Crippen LogP contribution in [0.4, 0.5) is 11.8 Å². The van der Waals surface area contributed by atoms with Crippen LogP contribution in [0.1, 0.15) is 6.42 Å². The number of amides is 2. The molecule has 0 aliphatic carbocycles. The average Bonchev–Trinajstić information content (AvgIpc) is 2.60. The summed E-state index contributed by atoms with van der Waals surface area (Å²) in [6.45, 7) is 0. The molecule has 18 heavy (non-hydrogen) atoms. The van der Waals surface area contributed by atoms with E-state index in [-0.39, 0.29) is 24.2 Å². The number of imide groups is 1. The maximum atomic E-state index is 11.7. The van der Waals surface area contributed by atoms with Crippen LogP contribution in [0.25, 0.3) is 0 Å². The van der Waals surface area contributed by atoms with Crippen molar-refractivity contribution in [1.29, 1.82) is 0 Å². The normalized spacial score (nSPS) is 19.3. The zero-order valence-electron chi connectivity index (χ0n) is 9.48. The van der Waals surface area contributed by atoms with E-state index in [2.05, 4.69) is 36.6 Å². The molecular weight excluding hydrogens is 304 g/mol. The minimum absolute atomic E-state index is 0.108. The molecule has 2 amide bonds. The molecule has 9 heteroatoms. The van der Waals surface area contributed by atoms with Crippen molar-refractivity contribution in [3.05, 3.63) is 10.7 Å². The van der Waals surface area contributed by atoms with Crippen molar-refractivity contribution in [2.75, 3.05) is 17.8 Å². The minimum Gasteiger partial charge on any atom is -0.357 e. The molecule has 1 aromatic heterocycles. The SMILES string of the molecule is CN1C(=O)CC(Nc2nc(NN)ncc2Br)C1=O. The first kappa shape index (κ1) is 12.7. The summed E-state index contributed by atoms with van der Waals surface area (Å²) in [5, 5.41) is 2.89. The van der Waals surface area contributed by atoms with Crippen molar-refractivity contribution >= 4 is 39.5 Å². The highest BCUT2D eigenvalue weighted by molar-refractivity contribution is 9.10. The predicted molar refractivity (Wildman–Crippen MR) is 67.3 cm³/mol. The van der Waals surface area contributed by atoms with Gasteiger partial charge < -0.3 is 5.32 Å². The van der Waals surface area contributed by atoms with Crippen LogP contribution >= 0.6 is 15.9 Å². The molecule has 1 fully saturated rings. The molecule has 1 aliphatic heterocycles. The fourth-order valence-corrected chi connectivity index (χ4v) is 1.88. The van der Waals surface area contributed by atoms with E-state index < -0.39 is 6.04 Å². The Labute approximate surface area is 111 Å². The highest BCUT2D eigenvalue weighted by atomic mass is 79.9. The van der Waals surface area contributed by atoms with E-state index >= 15 is 0 Å². The van der Waals surface area contributed by atoms with E-state index in [0.717, 1.165) is 4.90 Å². The number of carbonyl (C=O) groups excluding carboxylic acids is 2. The summed E-state index contributed by atoms with van der Waals surface area (Å²) in [7, 11) is 1.45. The van der Waals surface area contributed by atoms with Crippen molar-refractivity contribution in [3.8, 4) is 0 Å². The second-order valence-electron chi connectivity index (χ2n) is 3.73. The minimum atomic E-state index is -0.612. The summed E-state index contributed by atoms with van der Waals surface area (Å²) in [6.07, 6.45) is 1.60. The topological polar surface area (TPSA) is 113 Å². The van der Waals surface area contributed by atoms with E-state index in [0.29, 0.717) is 10.3 Å². The van der Waals surface area contributed by atoms with Gasteiger partial charge in [0, 0.05) is 13.2 Å². The van der Waals surface area contributed by atoms with Crippen molar-refractivity contribution in [3.63, 3.8) is 0 Å². The van der Waals surface area contributed by atoms with Gasteiger partial charge in [-0.05, 0) is 15.9 Å². The van der Waals surface area contributed by atoms with Gasteiger partial charge >= 0.3 is 0 Å². The molecule has 8 nitrogen and oxygen atoms in total. The van der Waals surface area contributed by atoms with Crippen molar-refractivity contribution in [1.82, 2.24) is 14.9 Å². The molecule has 2 heterocycles. The maximum absolute atomic E-state index is 11.7. The number of likely N-dealkylation sites (N-methyl/N-ethyl adjacent to an activating group) is 1. The Morgan fingerprint density at radius 2 is 2.28 bits per heavy atom. The summed E-state index contributed by atoms with van der Waals surface area (Å²) < 4.78 is 0.580. The third kappa shape index (κ3) is 2.27. The van der Waals surface area contributed by atoms with Crippen LogP contribution in [0.2, 0.25) is 0 Å². The zero-order chi connectivity index (χ0) is 13.3. The fraction of sp³-hybridized carbons (Fsp3) is 0.333. The fourth-order valence-electron chi connectivity index (χ4n) is 1.57. The van der Waals surface area contributed by atoms with Gasteiger partial charge in [-0.1, -0.05) is 0 Å². The third-order valence-corrected chi connectivity index (χ3v) is 3.15. The molecule has 0 aromatic carbocycles. The second kappa shape index (κ2) is 4.86. The number of hydrazine groups is 1. The van der Waals surface area contributed by atoms with Gasteiger partial charge in [0.1, 0.15) is 11.9 Å². The van der Waals surface area contributed by atoms with Crippen LogP contribution in [0, 0.1) is 0 Å². The smallest absolute Gasteiger partial charge is 0.251 e.